The molecule has 2 aromatic carbocycles. The Balaban J connectivity index is 1.91. The molecule has 0 saturated carbocycles. The van der Waals surface area contributed by atoms with Gasteiger partial charge in [0, 0.05) is 18.6 Å². The molecular formula is C23H36N4. The minimum absolute atomic E-state index is 0.305. The lowest BCUT2D eigenvalue weighted by molar-refractivity contribution is 0.339. The summed E-state index contributed by atoms with van der Waals surface area (Å²) >= 11 is 0. The van der Waals surface area contributed by atoms with Crippen molar-refractivity contribution >= 4 is 0 Å². The third-order valence-corrected chi connectivity index (χ3v) is 5.18. The zero-order valence-electron chi connectivity index (χ0n) is 16.6. The fraction of sp³-hybridized carbons (Fsp3) is 0.478. The highest BCUT2D eigenvalue weighted by molar-refractivity contribution is 5.17. The number of hydrogen-bond donors (Lipinski definition) is 4. The average Bonchev–Trinajstić information content (AvgIpc) is 2.71. The quantitative estimate of drug-likeness (QED) is 0.438. The lowest BCUT2D eigenvalue weighted by Gasteiger charge is -2.28. The van der Waals surface area contributed by atoms with Crippen molar-refractivity contribution in [1.29, 1.82) is 0 Å². The zero-order valence-corrected chi connectivity index (χ0v) is 16.6. The largest absolute Gasteiger partial charge is 0.330 e. The maximum atomic E-state index is 5.86. The van der Waals surface area contributed by atoms with Crippen LogP contribution in [0.4, 0.5) is 0 Å². The second-order valence-electron chi connectivity index (χ2n) is 7.38. The summed E-state index contributed by atoms with van der Waals surface area (Å²) in [5.41, 5.74) is 14.3. The minimum Gasteiger partial charge on any atom is -0.330 e. The second-order valence-corrected chi connectivity index (χ2v) is 7.38. The standard InChI is InChI=1S/C23H36N4/c1-19(18-27-22(17-25)12-14-24)23(16-21-10-6-3-7-11-21)26-15-13-20-8-4-2-5-9-20/h2-11,19,22-23,26-27H,12-18,24-25H2,1H3/t19?,22-,23-/m0/s1. The summed E-state index contributed by atoms with van der Waals surface area (Å²) in [5.74, 6) is 0.493. The van der Waals surface area contributed by atoms with Crippen LogP contribution in [0.15, 0.2) is 60.7 Å². The molecule has 0 spiro atoms. The Bertz CT molecular complexity index is 602. The molecule has 1 unspecified atom stereocenters. The van der Waals surface area contributed by atoms with Crippen LogP contribution in [-0.2, 0) is 12.8 Å². The zero-order chi connectivity index (χ0) is 19.3. The first-order chi connectivity index (χ1) is 13.2. The van der Waals surface area contributed by atoms with Crippen molar-refractivity contribution in [1.82, 2.24) is 10.6 Å². The normalized spacial score (nSPS) is 14.6. The van der Waals surface area contributed by atoms with Crippen LogP contribution in [0, 0.1) is 5.92 Å². The van der Waals surface area contributed by atoms with Gasteiger partial charge in [0.2, 0.25) is 0 Å². The van der Waals surface area contributed by atoms with E-state index in [2.05, 4.69) is 78.2 Å². The highest BCUT2D eigenvalue weighted by atomic mass is 15.0. The van der Waals surface area contributed by atoms with Gasteiger partial charge >= 0.3 is 0 Å². The Morgan fingerprint density at radius 2 is 1.48 bits per heavy atom. The Labute approximate surface area is 164 Å². The van der Waals surface area contributed by atoms with Crippen LogP contribution in [0.2, 0.25) is 0 Å². The van der Waals surface area contributed by atoms with E-state index >= 15 is 0 Å². The second kappa shape index (κ2) is 12.6. The predicted octanol–water partition coefficient (Wildman–Crippen LogP) is 2.33. The average molecular weight is 369 g/mol. The number of nitrogens with one attached hydrogen (secondary N) is 2. The third-order valence-electron chi connectivity index (χ3n) is 5.18. The van der Waals surface area contributed by atoms with Gasteiger partial charge in [-0.1, -0.05) is 67.6 Å². The van der Waals surface area contributed by atoms with Crippen molar-refractivity contribution in [2.45, 2.75) is 38.3 Å². The van der Waals surface area contributed by atoms with Gasteiger partial charge in [-0.25, -0.2) is 0 Å². The topological polar surface area (TPSA) is 76.1 Å². The molecule has 4 heteroatoms. The Hall–Kier alpha value is -1.72. The molecule has 0 heterocycles. The molecule has 0 aliphatic heterocycles. The number of rotatable bonds is 13. The van der Waals surface area contributed by atoms with E-state index in [0.29, 0.717) is 31.1 Å². The van der Waals surface area contributed by atoms with Crippen molar-refractivity contribution in [3.8, 4) is 0 Å². The van der Waals surface area contributed by atoms with E-state index in [-0.39, 0.29) is 0 Å². The van der Waals surface area contributed by atoms with Crippen LogP contribution in [0.25, 0.3) is 0 Å². The Kier molecular flexibility index (Phi) is 10.1. The number of nitrogens with two attached hydrogens (primary N) is 2. The lowest BCUT2D eigenvalue weighted by atomic mass is 9.94. The van der Waals surface area contributed by atoms with Gasteiger partial charge in [-0.2, -0.15) is 0 Å². The molecule has 2 aromatic rings. The van der Waals surface area contributed by atoms with Crippen molar-refractivity contribution in [2.75, 3.05) is 26.2 Å². The van der Waals surface area contributed by atoms with Gasteiger partial charge in [0.25, 0.3) is 0 Å². The van der Waals surface area contributed by atoms with Crippen molar-refractivity contribution in [3.05, 3.63) is 71.8 Å². The van der Waals surface area contributed by atoms with Crippen LogP contribution in [-0.4, -0.2) is 38.3 Å². The molecule has 0 aromatic heterocycles. The van der Waals surface area contributed by atoms with E-state index in [0.717, 1.165) is 32.4 Å². The summed E-state index contributed by atoms with van der Waals surface area (Å²) in [4.78, 5) is 0. The smallest absolute Gasteiger partial charge is 0.0202 e. The maximum absolute atomic E-state index is 5.86. The van der Waals surface area contributed by atoms with Gasteiger partial charge in [-0.3, -0.25) is 0 Å². The highest BCUT2D eigenvalue weighted by Gasteiger charge is 2.18. The third kappa shape index (κ3) is 8.22. The van der Waals surface area contributed by atoms with Crippen LogP contribution >= 0.6 is 0 Å². The molecule has 2 rings (SSSR count). The fourth-order valence-corrected chi connectivity index (χ4v) is 3.39. The van der Waals surface area contributed by atoms with Crippen LogP contribution in [0.5, 0.6) is 0 Å². The monoisotopic (exact) mass is 368 g/mol. The molecule has 0 radical (unpaired) electrons. The van der Waals surface area contributed by atoms with E-state index in [1.165, 1.54) is 11.1 Å². The van der Waals surface area contributed by atoms with Gasteiger partial charge in [0.05, 0.1) is 0 Å². The summed E-state index contributed by atoms with van der Waals surface area (Å²) in [5, 5.41) is 7.39. The van der Waals surface area contributed by atoms with Crippen LogP contribution in [0.1, 0.15) is 24.5 Å². The molecule has 148 valence electrons. The van der Waals surface area contributed by atoms with E-state index in [1.54, 1.807) is 0 Å². The molecule has 0 saturated heterocycles. The molecule has 6 N–H and O–H groups in total. The first-order valence-corrected chi connectivity index (χ1v) is 10.2. The first-order valence-electron chi connectivity index (χ1n) is 10.2. The van der Waals surface area contributed by atoms with Gasteiger partial charge < -0.3 is 22.1 Å². The summed E-state index contributed by atoms with van der Waals surface area (Å²) in [6.45, 7) is 5.54. The molecule has 27 heavy (non-hydrogen) atoms. The molecule has 0 aliphatic rings. The van der Waals surface area contributed by atoms with E-state index in [1.807, 2.05) is 0 Å². The summed E-state index contributed by atoms with van der Waals surface area (Å²) < 4.78 is 0. The highest BCUT2D eigenvalue weighted by Crippen LogP contribution is 2.11. The van der Waals surface area contributed by atoms with E-state index in [4.69, 9.17) is 11.5 Å². The SMILES string of the molecule is CC(CN[C@H](CN)CCN)[C@H](Cc1ccccc1)NCCc1ccccc1. The number of hydrogen-bond acceptors (Lipinski definition) is 4. The molecule has 0 fully saturated rings. The summed E-state index contributed by atoms with van der Waals surface area (Å²) in [6, 6.07) is 22.1. The Morgan fingerprint density at radius 3 is 2.07 bits per heavy atom. The van der Waals surface area contributed by atoms with Gasteiger partial charge in [-0.05, 0) is 55.9 Å². The summed E-state index contributed by atoms with van der Waals surface area (Å²) in [6.07, 6.45) is 3.00. The number of benzene rings is 2. The minimum atomic E-state index is 0.305. The van der Waals surface area contributed by atoms with Crippen LogP contribution < -0.4 is 22.1 Å². The van der Waals surface area contributed by atoms with Gasteiger partial charge in [0.15, 0.2) is 0 Å². The van der Waals surface area contributed by atoms with Crippen molar-refractivity contribution in [2.24, 2.45) is 17.4 Å². The molecule has 4 nitrogen and oxygen atoms in total. The molecular weight excluding hydrogens is 332 g/mol. The van der Waals surface area contributed by atoms with Crippen molar-refractivity contribution in [3.63, 3.8) is 0 Å². The predicted molar refractivity (Wildman–Crippen MR) is 116 cm³/mol. The van der Waals surface area contributed by atoms with Gasteiger partial charge in [0.1, 0.15) is 0 Å². The molecule has 0 amide bonds. The molecule has 0 aliphatic carbocycles. The Morgan fingerprint density at radius 1 is 0.852 bits per heavy atom. The first kappa shape index (κ1) is 21.6. The van der Waals surface area contributed by atoms with Gasteiger partial charge in [-0.15, -0.1) is 0 Å². The van der Waals surface area contributed by atoms with E-state index in [9.17, 15) is 0 Å². The maximum Gasteiger partial charge on any atom is 0.0202 e. The van der Waals surface area contributed by atoms with Crippen molar-refractivity contribution < 1.29 is 0 Å². The van der Waals surface area contributed by atoms with Crippen LogP contribution in [0.3, 0.4) is 0 Å². The molecule has 0 bridgehead atoms. The summed E-state index contributed by atoms with van der Waals surface area (Å²) in [7, 11) is 0. The lowest BCUT2D eigenvalue weighted by Crippen LogP contribution is -2.46. The fourth-order valence-electron chi connectivity index (χ4n) is 3.39. The molecule has 3 atom stereocenters. The van der Waals surface area contributed by atoms with E-state index < -0.39 is 0 Å².